The minimum absolute atomic E-state index is 0.0212. The number of hydrogen-bond acceptors (Lipinski definition) is 6. The normalized spacial score (nSPS) is 12.3. The quantitative estimate of drug-likeness (QED) is 0.884. The maximum Gasteiger partial charge on any atom is 0.259 e. The first-order chi connectivity index (χ1) is 9.52. The fourth-order valence-corrected chi connectivity index (χ4v) is 2.57. The molecule has 2 aromatic heterocycles. The van der Waals surface area contributed by atoms with Crippen molar-refractivity contribution in [1.29, 1.82) is 0 Å². The number of carbonyl (C=O) groups is 1. The van der Waals surface area contributed by atoms with Gasteiger partial charge in [0.25, 0.3) is 5.91 Å². The number of anilines is 1. The summed E-state index contributed by atoms with van der Waals surface area (Å²) >= 11 is 7.18. The number of nitrogens with zero attached hydrogens (tertiary/aromatic N) is 1. The van der Waals surface area contributed by atoms with Crippen molar-refractivity contribution in [1.82, 2.24) is 10.5 Å². The molecule has 1 atom stereocenters. The van der Waals surface area contributed by atoms with E-state index >= 15 is 0 Å². The van der Waals surface area contributed by atoms with Crippen LogP contribution in [-0.4, -0.2) is 30.8 Å². The molecule has 0 aliphatic heterocycles. The Balaban J connectivity index is 2.23. The Hall–Kier alpha value is -1.57. The molecule has 0 aromatic carbocycles. The monoisotopic (exact) mass is 315 g/mol. The van der Waals surface area contributed by atoms with E-state index in [4.69, 9.17) is 26.6 Å². The predicted molar refractivity (Wildman–Crippen MR) is 78.0 cm³/mol. The summed E-state index contributed by atoms with van der Waals surface area (Å²) in [5.74, 6) is -0.376. The third kappa shape index (κ3) is 3.12. The summed E-state index contributed by atoms with van der Waals surface area (Å²) in [7, 11) is 1.57. The molecule has 0 spiro atoms. The topological polar surface area (TPSA) is 90.4 Å². The van der Waals surface area contributed by atoms with Crippen LogP contribution in [0.15, 0.2) is 16.7 Å². The van der Waals surface area contributed by atoms with Gasteiger partial charge >= 0.3 is 0 Å². The smallest absolute Gasteiger partial charge is 0.259 e. The van der Waals surface area contributed by atoms with Gasteiger partial charge in [-0.15, -0.1) is 11.3 Å². The Labute approximate surface area is 124 Å². The molecule has 1 amide bonds. The first kappa shape index (κ1) is 14.8. The van der Waals surface area contributed by atoms with Crippen LogP contribution in [0.1, 0.15) is 17.3 Å². The minimum atomic E-state index is -0.354. The van der Waals surface area contributed by atoms with E-state index in [-0.39, 0.29) is 23.5 Å². The van der Waals surface area contributed by atoms with Gasteiger partial charge in [-0.05, 0) is 19.1 Å². The minimum Gasteiger partial charge on any atom is -0.380 e. The Bertz CT molecular complexity index is 611. The number of nitrogens with one attached hydrogen (secondary N) is 1. The number of hydrogen-bond donors (Lipinski definition) is 2. The molecule has 2 heterocycles. The van der Waals surface area contributed by atoms with Crippen LogP contribution in [0.4, 0.5) is 5.88 Å². The zero-order valence-electron chi connectivity index (χ0n) is 11.0. The van der Waals surface area contributed by atoms with E-state index in [1.54, 1.807) is 19.2 Å². The van der Waals surface area contributed by atoms with Crippen LogP contribution < -0.4 is 11.1 Å². The number of thiophene rings is 1. The van der Waals surface area contributed by atoms with Gasteiger partial charge in [-0.2, -0.15) is 0 Å². The third-order valence-electron chi connectivity index (χ3n) is 2.70. The number of halogens is 1. The van der Waals surface area contributed by atoms with Crippen LogP contribution in [-0.2, 0) is 4.74 Å². The summed E-state index contributed by atoms with van der Waals surface area (Å²) in [6.07, 6.45) is -0.0975. The average Bonchev–Trinajstić information content (AvgIpc) is 3.01. The van der Waals surface area contributed by atoms with Crippen LogP contribution in [0.2, 0.25) is 4.34 Å². The Morgan fingerprint density at radius 1 is 1.65 bits per heavy atom. The van der Waals surface area contributed by atoms with E-state index in [2.05, 4.69) is 10.5 Å². The van der Waals surface area contributed by atoms with Crippen LogP contribution in [0.3, 0.4) is 0 Å². The van der Waals surface area contributed by atoms with Crippen molar-refractivity contribution in [3.63, 3.8) is 0 Å². The highest BCUT2D eigenvalue weighted by Gasteiger charge is 2.23. The standard InChI is InChI=1S/C12H14ClN3O3S/c1-6(18-2)5-15-12(17)9-10(16-19-11(9)14)7-3-4-8(13)20-7/h3-4,6H,5,14H2,1-2H3,(H,15,17). The summed E-state index contributed by atoms with van der Waals surface area (Å²) in [6.45, 7) is 2.21. The molecule has 0 saturated heterocycles. The second-order valence-corrected chi connectivity index (χ2v) is 5.85. The predicted octanol–water partition coefficient (Wildman–Crippen LogP) is 2.40. The van der Waals surface area contributed by atoms with Gasteiger partial charge < -0.3 is 20.3 Å². The number of ether oxygens (including phenoxy) is 1. The van der Waals surface area contributed by atoms with Crippen molar-refractivity contribution >= 4 is 34.7 Å². The van der Waals surface area contributed by atoms with Gasteiger partial charge in [0.05, 0.1) is 15.3 Å². The van der Waals surface area contributed by atoms with Crippen LogP contribution >= 0.6 is 22.9 Å². The van der Waals surface area contributed by atoms with Crippen LogP contribution in [0.25, 0.3) is 10.6 Å². The molecule has 8 heteroatoms. The second kappa shape index (κ2) is 6.25. The van der Waals surface area contributed by atoms with Crippen molar-refractivity contribution in [3.8, 4) is 10.6 Å². The molecule has 0 radical (unpaired) electrons. The molecule has 0 bridgehead atoms. The first-order valence-corrected chi connectivity index (χ1v) is 7.04. The largest absolute Gasteiger partial charge is 0.380 e. The lowest BCUT2D eigenvalue weighted by Crippen LogP contribution is -2.32. The number of aromatic nitrogens is 1. The molecule has 6 nitrogen and oxygen atoms in total. The molecule has 0 aliphatic rings. The number of amides is 1. The van der Waals surface area contributed by atoms with Crippen LogP contribution in [0.5, 0.6) is 0 Å². The van der Waals surface area contributed by atoms with Gasteiger partial charge in [0.2, 0.25) is 5.88 Å². The summed E-state index contributed by atoms with van der Waals surface area (Å²) in [6, 6.07) is 3.49. The number of methoxy groups -OCH3 is 1. The molecule has 20 heavy (non-hydrogen) atoms. The molecule has 0 saturated carbocycles. The molecular weight excluding hydrogens is 302 g/mol. The van der Waals surface area contributed by atoms with Gasteiger partial charge in [-0.1, -0.05) is 16.8 Å². The number of rotatable bonds is 5. The number of carbonyl (C=O) groups excluding carboxylic acids is 1. The van der Waals surface area contributed by atoms with E-state index in [1.165, 1.54) is 11.3 Å². The van der Waals surface area contributed by atoms with Gasteiger partial charge in [-0.25, -0.2) is 0 Å². The fraction of sp³-hybridized carbons (Fsp3) is 0.333. The zero-order valence-corrected chi connectivity index (χ0v) is 12.5. The maximum atomic E-state index is 12.2. The summed E-state index contributed by atoms with van der Waals surface area (Å²) in [4.78, 5) is 12.9. The van der Waals surface area contributed by atoms with Crippen molar-refractivity contribution < 1.29 is 14.1 Å². The van der Waals surface area contributed by atoms with Crippen LogP contribution in [0, 0.1) is 0 Å². The molecule has 108 valence electrons. The molecule has 1 unspecified atom stereocenters. The third-order valence-corrected chi connectivity index (χ3v) is 3.94. The SMILES string of the molecule is COC(C)CNC(=O)c1c(-c2ccc(Cl)s2)noc1N. The Kier molecular flexibility index (Phi) is 4.64. The summed E-state index contributed by atoms with van der Waals surface area (Å²) < 4.78 is 10.6. The fourth-order valence-electron chi connectivity index (χ4n) is 1.54. The molecule has 2 rings (SSSR count). The zero-order chi connectivity index (χ0) is 14.7. The van der Waals surface area contributed by atoms with Crippen molar-refractivity contribution in [2.45, 2.75) is 13.0 Å². The van der Waals surface area contributed by atoms with Crippen molar-refractivity contribution in [3.05, 3.63) is 22.0 Å². The highest BCUT2D eigenvalue weighted by atomic mass is 35.5. The highest BCUT2D eigenvalue weighted by molar-refractivity contribution is 7.19. The molecule has 3 N–H and O–H groups in total. The molecule has 0 fully saturated rings. The lowest BCUT2D eigenvalue weighted by Gasteiger charge is -2.10. The van der Waals surface area contributed by atoms with E-state index in [9.17, 15) is 4.79 Å². The lowest BCUT2D eigenvalue weighted by molar-refractivity contribution is 0.0871. The summed E-state index contributed by atoms with van der Waals surface area (Å²) in [5, 5.41) is 6.55. The van der Waals surface area contributed by atoms with E-state index in [1.807, 2.05) is 6.92 Å². The summed E-state index contributed by atoms with van der Waals surface area (Å²) in [5.41, 5.74) is 6.28. The van der Waals surface area contributed by atoms with E-state index in [0.29, 0.717) is 16.6 Å². The van der Waals surface area contributed by atoms with Gasteiger partial charge in [-0.3, -0.25) is 4.79 Å². The van der Waals surface area contributed by atoms with Crippen molar-refractivity contribution in [2.75, 3.05) is 19.4 Å². The highest BCUT2D eigenvalue weighted by Crippen LogP contribution is 2.34. The molecular formula is C12H14ClN3O3S. The van der Waals surface area contributed by atoms with Gasteiger partial charge in [0.15, 0.2) is 0 Å². The number of nitrogen functional groups attached to an aromatic ring is 1. The average molecular weight is 316 g/mol. The Morgan fingerprint density at radius 2 is 2.40 bits per heavy atom. The van der Waals surface area contributed by atoms with Gasteiger partial charge in [0.1, 0.15) is 11.3 Å². The molecule has 2 aromatic rings. The lowest BCUT2D eigenvalue weighted by atomic mass is 10.2. The van der Waals surface area contributed by atoms with E-state index in [0.717, 1.165) is 4.88 Å². The molecule has 0 aliphatic carbocycles. The van der Waals surface area contributed by atoms with Gasteiger partial charge in [0, 0.05) is 13.7 Å². The Morgan fingerprint density at radius 3 is 3.00 bits per heavy atom. The van der Waals surface area contributed by atoms with E-state index < -0.39 is 0 Å². The number of nitrogens with two attached hydrogens (primary N) is 1. The maximum absolute atomic E-state index is 12.2. The van der Waals surface area contributed by atoms with Crippen molar-refractivity contribution in [2.24, 2.45) is 0 Å². The second-order valence-electron chi connectivity index (χ2n) is 4.13. The first-order valence-electron chi connectivity index (χ1n) is 5.84.